The summed E-state index contributed by atoms with van der Waals surface area (Å²) in [6.07, 6.45) is 6.19. The molecule has 0 amide bonds. The first-order valence-corrected chi connectivity index (χ1v) is 10.0. The summed E-state index contributed by atoms with van der Waals surface area (Å²) in [4.78, 5) is 16.7. The van der Waals surface area contributed by atoms with Gasteiger partial charge < -0.3 is 9.47 Å². The van der Waals surface area contributed by atoms with Crippen LogP contribution in [-0.4, -0.2) is 18.1 Å². The molecule has 1 aromatic heterocycles. The van der Waals surface area contributed by atoms with E-state index in [1.165, 1.54) is 31.1 Å². The lowest BCUT2D eigenvalue weighted by atomic mass is 9.87. The number of carbonyl (C=O) groups is 1. The molecule has 0 aliphatic heterocycles. The number of methoxy groups -OCH3 is 1. The fourth-order valence-electron chi connectivity index (χ4n) is 3.95. The van der Waals surface area contributed by atoms with Gasteiger partial charge in [0.1, 0.15) is 12.4 Å². The van der Waals surface area contributed by atoms with Crippen LogP contribution in [0, 0.1) is 6.92 Å². The van der Waals surface area contributed by atoms with E-state index in [0.29, 0.717) is 12.2 Å². The van der Waals surface area contributed by atoms with Gasteiger partial charge in [0.2, 0.25) is 0 Å². The fourth-order valence-corrected chi connectivity index (χ4v) is 3.95. The molecule has 0 saturated heterocycles. The van der Waals surface area contributed by atoms with Gasteiger partial charge in [0.05, 0.1) is 18.4 Å². The number of benzene rings is 2. The maximum Gasteiger partial charge on any atom is 0.338 e. The van der Waals surface area contributed by atoms with Gasteiger partial charge in [0.15, 0.2) is 0 Å². The Kier molecular flexibility index (Phi) is 5.61. The number of aromatic nitrogens is 1. The summed E-state index contributed by atoms with van der Waals surface area (Å²) < 4.78 is 11.3. The van der Waals surface area contributed by atoms with Gasteiger partial charge in [-0.2, -0.15) is 0 Å². The molecule has 148 valence electrons. The zero-order valence-electron chi connectivity index (χ0n) is 16.9. The molecular formula is C25H25NO3. The van der Waals surface area contributed by atoms with E-state index in [4.69, 9.17) is 9.47 Å². The molecule has 0 unspecified atom stereocenters. The molecule has 0 atom stereocenters. The number of ether oxygens (including phenoxy) is 2. The predicted molar refractivity (Wildman–Crippen MR) is 113 cm³/mol. The van der Waals surface area contributed by atoms with Crippen LogP contribution in [-0.2, 0) is 24.2 Å². The Hall–Kier alpha value is -3.14. The second-order valence-electron chi connectivity index (χ2n) is 7.41. The van der Waals surface area contributed by atoms with Gasteiger partial charge in [0.25, 0.3) is 0 Å². The Balaban J connectivity index is 1.75. The molecule has 29 heavy (non-hydrogen) atoms. The van der Waals surface area contributed by atoms with Crippen LogP contribution >= 0.6 is 0 Å². The minimum atomic E-state index is -0.329. The number of fused-ring (bicyclic) bond motifs is 1. The van der Waals surface area contributed by atoms with Gasteiger partial charge in [-0.25, -0.2) is 4.79 Å². The Bertz CT molecular complexity index is 1040. The van der Waals surface area contributed by atoms with E-state index in [9.17, 15) is 4.79 Å². The van der Waals surface area contributed by atoms with Crippen LogP contribution in [0.15, 0.2) is 54.7 Å². The molecule has 0 fully saturated rings. The zero-order valence-corrected chi connectivity index (χ0v) is 16.9. The van der Waals surface area contributed by atoms with Gasteiger partial charge in [0, 0.05) is 6.20 Å². The maximum atomic E-state index is 12.3. The molecule has 1 heterocycles. The van der Waals surface area contributed by atoms with Crippen molar-refractivity contribution in [1.82, 2.24) is 4.98 Å². The van der Waals surface area contributed by atoms with Crippen LogP contribution in [0.5, 0.6) is 5.75 Å². The lowest BCUT2D eigenvalue weighted by Gasteiger charge is -2.22. The summed E-state index contributed by atoms with van der Waals surface area (Å²) in [6.45, 7) is 2.48. The highest BCUT2D eigenvalue weighted by Crippen LogP contribution is 2.36. The third-order valence-corrected chi connectivity index (χ3v) is 5.55. The molecule has 3 aromatic rings. The molecule has 0 saturated carbocycles. The highest BCUT2D eigenvalue weighted by atomic mass is 16.5. The predicted octanol–water partition coefficient (Wildman–Crippen LogP) is 5.30. The first kappa shape index (κ1) is 19.2. The summed E-state index contributed by atoms with van der Waals surface area (Å²) in [6, 6.07) is 15.8. The maximum absolute atomic E-state index is 12.3. The van der Waals surface area contributed by atoms with Gasteiger partial charge in [-0.05, 0) is 78.6 Å². The van der Waals surface area contributed by atoms with Crippen molar-refractivity contribution in [3.8, 4) is 16.9 Å². The van der Waals surface area contributed by atoms with Gasteiger partial charge in [-0.1, -0.05) is 30.3 Å². The molecule has 0 spiro atoms. The van der Waals surface area contributed by atoms with Crippen LogP contribution in [0.1, 0.15) is 45.6 Å². The van der Waals surface area contributed by atoms with E-state index in [0.717, 1.165) is 41.0 Å². The quantitative estimate of drug-likeness (QED) is 0.557. The van der Waals surface area contributed by atoms with Gasteiger partial charge >= 0.3 is 5.97 Å². The minimum absolute atomic E-state index is 0.329. The molecule has 2 aromatic carbocycles. The summed E-state index contributed by atoms with van der Waals surface area (Å²) >= 11 is 0. The first-order valence-electron chi connectivity index (χ1n) is 10.0. The second kappa shape index (κ2) is 8.48. The first-order chi connectivity index (χ1) is 14.2. The standard InChI is InChI=1S/C25H25NO3/c1-17-8-7-13-26-23(17)16-29-24-15-19(14-18-9-3-4-11-21(18)24)20-10-5-6-12-22(20)25(27)28-2/h5-8,10,12-15H,3-4,9,11,16H2,1-2H3. The van der Waals surface area contributed by atoms with Crippen molar-refractivity contribution < 1.29 is 14.3 Å². The molecule has 4 rings (SSSR count). The smallest absolute Gasteiger partial charge is 0.338 e. The average molecular weight is 387 g/mol. The van der Waals surface area contributed by atoms with Crippen molar-refractivity contribution in [2.75, 3.05) is 7.11 Å². The largest absolute Gasteiger partial charge is 0.487 e. The highest BCUT2D eigenvalue weighted by molar-refractivity contribution is 5.97. The Morgan fingerprint density at radius 1 is 1.07 bits per heavy atom. The molecule has 0 radical (unpaired) electrons. The topological polar surface area (TPSA) is 48.4 Å². The second-order valence-corrected chi connectivity index (χ2v) is 7.41. The monoisotopic (exact) mass is 387 g/mol. The molecule has 1 aliphatic carbocycles. The van der Waals surface area contributed by atoms with Crippen LogP contribution < -0.4 is 4.74 Å². The van der Waals surface area contributed by atoms with Crippen LogP contribution in [0.4, 0.5) is 0 Å². The zero-order chi connectivity index (χ0) is 20.2. The van der Waals surface area contributed by atoms with Crippen molar-refractivity contribution in [3.63, 3.8) is 0 Å². The van der Waals surface area contributed by atoms with E-state index in [2.05, 4.69) is 17.1 Å². The normalized spacial score (nSPS) is 12.9. The third kappa shape index (κ3) is 4.02. The van der Waals surface area contributed by atoms with Crippen molar-refractivity contribution in [3.05, 3.63) is 82.7 Å². The van der Waals surface area contributed by atoms with E-state index >= 15 is 0 Å². The molecule has 0 N–H and O–H groups in total. The van der Waals surface area contributed by atoms with Crippen molar-refractivity contribution in [2.45, 2.75) is 39.2 Å². The van der Waals surface area contributed by atoms with E-state index < -0.39 is 0 Å². The molecular weight excluding hydrogens is 362 g/mol. The number of rotatable bonds is 5. The molecule has 4 nitrogen and oxygen atoms in total. The van der Waals surface area contributed by atoms with Crippen molar-refractivity contribution in [1.29, 1.82) is 0 Å². The Labute approximate surface area is 171 Å². The molecule has 1 aliphatic rings. The van der Waals surface area contributed by atoms with Gasteiger partial charge in [-0.15, -0.1) is 0 Å². The number of esters is 1. The number of carbonyl (C=O) groups excluding carboxylic acids is 1. The SMILES string of the molecule is COC(=O)c1ccccc1-c1cc2c(c(OCc3ncccc3C)c1)CCCC2. The number of aryl methyl sites for hydroxylation is 2. The van der Waals surface area contributed by atoms with E-state index in [-0.39, 0.29) is 5.97 Å². The highest BCUT2D eigenvalue weighted by Gasteiger charge is 2.19. The number of hydrogen-bond acceptors (Lipinski definition) is 4. The molecule has 0 bridgehead atoms. The van der Waals surface area contributed by atoms with Crippen LogP contribution in [0.2, 0.25) is 0 Å². The van der Waals surface area contributed by atoms with Gasteiger partial charge in [-0.3, -0.25) is 4.98 Å². The number of pyridine rings is 1. The van der Waals surface area contributed by atoms with Crippen LogP contribution in [0.25, 0.3) is 11.1 Å². The third-order valence-electron chi connectivity index (χ3n) is 5.55. The van der Waals surface area contributed by atoms with Crippen LogP contribution in [0.3, 0.4) is 0 Å². The number of hydrogen-bond donors (Lipinski definition) is 0. The summed E-state index contributed by atoms with van der Waals surface area (Å²) in [5.41, 5.74) is 7.07. The molecule has 4 heteroatoms. The van der Waals surface area contributed by atoms with E-state index in [1.54, 1.807) is 12.3 Å². The fraction of sp³-hybridized carbons (Fsp3) is 0.280. The Morgan fingerprint density at radius 3 is 2.72 bits per heavy atom. The van der Waals surface area contributed by atoms with Crippen molar-refractivity contribution >= 4 is 5.97 Å². The summed E-state index contributed by atoms with van der Waals surface area (Å²) in [5.74, 6) is 0.562. The summed E-state index contributed by atoms with van der Waals surface area (Å²) in [5, 5.41) is 0. The van der Waals surface area contributed by atoms with Crippen molar-refractivity contribution in [2.24, 2.45) is 0 Å². The lowest BCUT2D eigenvalue weighted by molar-refractivity contribution is 0.0601. The Morgan fingerprint density at radius 2 is 1.90 bits per heavy atom. The van der Waals surface area contributed by atoms with E-state index in [1.807, 2.05) is 37.3 Å². The minimum Gasteiger partial charge on any atom is -0.487 e. The summed E-state index contributed by atoms with van der Waals surface area (Å²) in [7, 11) is 1.41. The number of nitrogens with zero attached hydrogens (tertiary/aromatic N) is 1. The lowest BCUT2D eigenvalue weighted by Crippen LogP contribution is -2.09. The average Bonchev–Trinajstić information content (AvgIpc) is 2.77.